The minimum absolute atomic E-state index is 0.183. The van der Waals surface area contributed by atoms with Gasteiger partial charge in [0.15, 0.2) is 0 Å². The zero-order valence-electron chi connectivity index (χ0n) is 14.7. The summed E-state index contributed by atoms with van der Waals surface area (Å²) in [6, 6.07) is 17.1. The largest absolute Gasteiger partial charge is 0.305 e. The third kappa shape index (κ3) is 2.54. The topological polar surface area (TPSA) is 118 Å². The molecule has 2 heterocycles. The highest BCUT2D eigenvalue weighted by molar-refractivity contribution is 6.00. The van der Waals surface area contributed by atoms with Gasteiger partial charge in [0.25, 0.3) is 11.2 Å². The van der Waals surface area contributed by atoms with Gasteiger partial charge in [-0.3, -0.25) is 14.9 Å². The molecule has 0 saturated heterocycles. The molecule has 8 nitrogen and oxygen atoms in total. The number of nitrogens with zero attached hydrogens (tertiary/aromatic N) is 4. The van der Waals surface area contributed by atoms with Gasteiger partial charge in [-0.05, 0) is 25.1 Å². The molecule has 0 fully saturated rings. The van der Waals surface area contributed by atoms with Crippen LogP contribution >= 0.6 is 0 Å². The maximum Gasteiger partial charge on any atom is 0.277 e. The number of nitro benzene ring substituents is 1. The van der Waals surface area contributed by atoms with Gasteiger partial charge in [0.1, 0.15) is 17.3 Å². The molecule has 0 aliphatic carbocycles. The van der Waals surface area contributed by atoms with Crippen molar-refractivity contribution in [2.75, 3.05) is 0 Å². The summed E-state index contributed by atoms with van der Waals surface area (Å²) in [5, 5.41) is 26.1. The molecular formula is C20H13N5O3. The van der Waals surface area contributed by atoms with E-state index in [0.717, 1.165) is 5.69 Å². The summed E-state index contributed by atoms with van der Waals surface area (Å²) in [6.07, 6.45) is 0. The van der Waals surface area contributed by atoms with E-state index in [-0.39, 0.29) is 22.4 Å². The van der Waals surface area contributed by atoms with Crippen LogP contribution in [0.15, 0.2) is 59.4 Å². The van der Waals surface area contributed by atoms with Crippen LogP contribution in [-0.2, 0) is 0 Å². The molecule has 0 bridgehead atoms. The highest BCUT2D eigenvalue weighted by Crippen LogP contribution is 2.37. The number of hydrogen-bond donors (Lipinski definition) is 1. The van der Waals surface area contributed by atoms with Crippen LogP contribution in [0.25, 0.3) is 27.8 Å². The number of pyridine rings is 1. The first-order valence-electron chi connectivity index (χ1n) is 8.38. The van der Waals surface area contributed by atoms with Crippen LogP contribution in [0.5, 0.6) is 0 Å². The van der Waals surface area contributed by atoms with E-state index >= 15 is 0 Å². The molecule has 2 aromatic heterocycles. The maximum atomic E-state index is 12.6. The number of aromatic nitrogens is 3. The Balaban J connectivity index is 2.19. The van der Waals surface area contributed by atoms with Crippen molar-refractivity contribution in [1.82, 2.24) is 14.8 Å². The number of nitrogens with one attached hydrogen (secondary N) is 1. The predicted octanol–water partition coefficient (Wildman–Crippen LogP) is 3.47. The van der Waals surface area contributed by atoms with Crippen LogP contribution in [0.1, 0.15) is 11.3 Å². The Bertz CT molecular complexity index is 1330. The maximum absolute atomic E-state index is 12.6. The summed E-state index contributed by atoms with van der Waals surface area (Å²) < 4.78 is 1.56. The van der Waals surface area contributed by atoms with E-state index < -0.39 is 10.5 Å². The number of aryl methyl sites for hydroxylation is 1. The number of hydrogen-bond acceptors (Lipinski definition) is 5. The Morgan fingerprint density at radius 3 is 2.50 bits per heavy atom. The van der Waals surface area contributed by atoms with E-state index in [4.69, 9.17) is 0 Å². The Morgan fingerprint density at radius 2 is 1.82 bits per heavy atom. The van der Waals surface area contributed by atoms with Crippen molar-refractivity contribution in [3.63, 3.8) is 0 Å². The number of nitriles is 1. The summed E-state index contributed by atoms with van der Waals surface area (Å²) in [5.74, 6) is 0. The molecule has 2 aromatic carbocycles. The molecule has 0 amide bonds. The van der Waals surface area contributed by atoms with E-state index in [1.807, 2.05) is 36.4 Å². The van der Waals surface area contributed by atoms with Crippen molar-refractivity contribution in [2.45, 2.75) is 6.92 Å². The number of H-pyrrole nitrogens is 1. The molecule has 0 saturated carbocycles. The van der Waals surface area contributed by atoms with Crippen molar-refractivity contribution in [2.24, 2.45) is 0 Å². The lowest BCUT2D eigenvalue weighted by Gasteiger charge is -2.08. The number of rotatable bonds is 3. The van der Waals surface area contributed by atoms with Crippen LogP contribution in [0.3, 0.4) is 0 Å². The van der Waals surface area contributed by atoms with E-state index in [2.05, 4.69) is 10.1 Å². The highest BCUT2D eigenvalue weighted by atomic mass is 16.6. The minimum atomic E-state index is -0.625. The lowest BCUT2D eigenvalue weighted by molar-refractivity contribution is -0.384. The summed E-state index contributed by atoms with van der Waals surface area (Å²) in [7, 11) is 0. The predicted molar refractivity (Wildman–Crippen MR) is 103 cm³/mol. The molecule has 136 valence electrons. The Hall–Kier alpha value is -4.25. The second kappa shape index (κ2) is 6.48. The van der Waals surface area contributed by atoms with E-state index in [1.165, 1.54) is 18.2 Å². The minimum Gasteiger partial charge on any atom is -0.305 e. The Morgan fingerprint density at radius 1 is 1.14 bits per heavy atom. The monoisotopic (exact) mass is 371 g/mol. The number of benzene rings is 2. The summed E-state index contributed by atoms with van der Waals surface area (Å²) in [4.78, 5) is 26.4. The Kier molecular flexibility index (Phi) is 3.98. The van der Waals surface area contributed by atoms with Gasteiger partial charge in [-0.2, -0.15) is 10.4 Å². The van der Waals surface area contributed by atoms with Crippen molar-refractivity contribution >= 4 is 16.7 Å². The van der Waals surface area contributed by atoms with E-state index in [0.29, 0.717) is 16.7 Å². The molecule has 0 radical (unpaired) electrons. The first-order chi connectivity index (χ1) is 13.5. The van der Waals surface area contributed by atoms with Crippen molar-refractivity contribution in [3.05, 3.63) is 86.3 Å². The van der Waals surface area contributed by atoms with Gasteiger partial charge in [-0.15, -0.1) is 0 Å². The standard InChI is InChI=1S/C20H13N5O3/c1-12-17-18(14-9-5-6-10-16(14)25(27)28)15(11-21)20(26)22-19(17)24(23-12)13-7-3-2-4-8-13/h2-10H,1H3,(H,22,26). The van der Waals surface area contributed by atoms with E-state index in [9.17, 15) is 20.2 Å². The van der Waals surface area contributed by atoms with Crippen molar-refractivity contribution < 1.29 is 4.92 Å². The van der Waals surface area contributed by atoms with Crippen LogP contribution in [0.4, 0.5) is 5.69 Å². The van der Waals surface area contributed by atoms with Gasteiger partial charge in [0, 0.05) is 11.6 Å². The highest BCUT2D eigenvalue weighted by Gasteiger charge is 2.25. The Labute approximate surface area is 158 Å². The van der Waals surface area contributed by atoms with Gasteiger partial charge in [-0.1, -0.05) is 30.3 Å². The third-order valence-corrected chi connectivity index (χ3v) is 4.50. The molecule has 4 aromatic rings. The second-order valence-corrected chi connectivity index (χ2v) is 6.15. The van der Waals surface area contributed by atoms with Crippen LogP contribution < -0.4 is 5.56 Å². The average Bonchev–Trinajstić information content (AvgIpc) is 3.03. The third-order valence-electron chi connectivity index (χ3n) is 4.50. The lowest BCUT2D eigenvalue weighted by Crippen LogP contribution is -2.14. The van der Waals surface area contributed by atoms with Gasteiger partial charge in [-0.25, -0.2) is 4.68 Å². The first-order valence-corrected chi connectivity index (χ1v) is 8.38. The fraction of sp³-hybridized carbons (Fsp3) is 0.0500. The molecule has 0 aliphatic heterocycles. The molecular weight excluding hydrogens is 358 g/mol. The normalized spacial score (nSPS) is 10.7. The van der Waals surface area contributed by atoms with Crippen LogP contribution in [0.2, 0.25) is 0 Å². The second-order valence-electron chi connectivity index (χ2n) is 6.15. The van der Waals surface area contributed by atoms with Crippen LogP contribution in [-0.4, -0.2) is 19.7 Å². The number of nitro groups is 1. The number of para-hydroxylation sites is 2. The van der Waals surface area contributed by atoms with Crippen molar-refractivity contribution in [3.8, 4) is 22.9 Å². The molecule has 1 N–H and O–H groups in total. The molecule has 0 unspecified atom stereocenters. The average molecular weight is 371 g/mol. The van der Waals surface area contributed by atoms with Gasteiger partial charge >= 0.3 is 0 Å². The quantitative estimate of drug-likeness (QED) is 0.437. The fourth-order valence-electron chi connectivity index (χ4n) is 3.33. The first kappa shape index (κ1) is 17.2. The number of aromatic amines is 1. The molecule has 0 aliphatic rings. The number of fused-ring (bicyclic) bond motifs is 1. The smallest absolute Gasteiger partial charge is 0.277 e. The zero-order chi connectivity index (χ0) is 19.8. The SMILES string of the molecule is Cc1nn(-c2ccccc2)c2[nH]c(=O)c(C#N)c(-c3ccccc3[N+](=O)[O-])c12. The van der Waals surface area contributed by atoms with Crippen molar-refractivity contribution in [1.29, 1.82) is 5.26 Å². The summed E-state index contributed by atoms with van der Waals surface area (Å²) in [5.41, 5.74) is 1.06. The molecule has 4 rings (SSSR count). The lowest BCUT2D eigenvalue weighted by atomic mass is 9.96. The summed E-state index contributed by atoms with van der Waals surface area (Å²) >= 11 is 0. The summed E-state index contributed by atoms with van der Waals surface area (Å²) in [6.45, 7) is 1.74. The molecule has 0 atom stereocenters. The van der Waals surface area contributed by atoms with Gasteiger partial charge in [0.05, 0.1) is 27.3 Å². The van der Waals surface area contributed by atoms with Gasteiger partial charge < -0.3 is 4.98 Å². The van der Waals surface area contributed by atoms with E-state index in [1.54, 1.807) is 17.7 Å². The van der Waals surface area contributed by atoms with Crippen LogP contribution in [0, 0.1) is 28.4 Å². The molecule has 28 heavy (non-hydrogen) atoms. The fourth-order valence-corrected chi connectivity index (χ4v) is 3.33. The van der Waals surface area contributed by atoms with Gasteiger partial charge in [0.2, 0.25) is 0 Å². The zero-order valence-corrected chi connectivity index (χ0v) is 14.7. The molecule has 8 heteroatoms. The molecule has 0 spiro atoms.